The van der Waals surface area contributed by atoms with E-state index in [1.807, 2.05) is 0 Å². The monoisotopic (exact) mass is 578 g/mol. The van der Waals surface area contributed by atoms with Crippen LogP contribution in [0.3, 0.4) is 0 Å². The van der Waals surface area contributed by atoms with Crippen LogP contribution in [0.1, 0.15) is 12.5 Å². The molecule has 0 spiro atoms. The van der Waals surface area contributed by atoms with E-state index in [0.29, 0.717) is 5.56 Å². The highest BCUT2D eigenvalue weighted by atomic mass is 16.7. The smallest absolute Gasteiger partial charge is 0.331 e. The first kappa shape index (κ1) is 28.5. The van der Waals surface area contributed by atoms with Crippen molar-refractivity contribution in [1.29, 1.82) is 0 Å². The van der Waals surface area contributed by atoms with Crippen LogP contribution in [0.4, 0.5) is 0 Å². The van der Waals surface area contributed by atoms with E-state index in [2.05, 4.69) is 0 Å². The first-order valence-corrected chi connectivity index (χ1v) is 12.7. The number of hydrogen-bond donors (Lipinski definition) is 6. The Kier molecular flexibility index (Phi) is 7.77. The standard InChI is InChI=1S/C30H26O12/c1-14-24(36)26(38)29(41-22(35)11-4-15-2-7-17(31)8-3-15)30(39-14)42-28-25(37)23-20(34)12-19(33)13-21(23)40-27(28)16-5-9-18(32)10-6-16/h2-14,24,26,29-34,36,38H,1H3/b11-4-/t14?,24-,26?,29-,30-/m0/s1. The number of fused-ring (bicyclic) bond motifs is 1. The lowest BCUT2D eigenvalue weighted by Gasteiger charge is -2.40. The maximum Gasteiger partial charge on any atom is 0.331 e. The summed E-state index contributed by atoms with van der Waals surface area (Å²) in [5, 5.41) is 60.4. The zero-order chi connectivity index (χ0) is 30.1. The van der Waals surface area contributed by atoms with Gasteiger partial charge in [-0.15, -0.1) is 0 Å². The quantitative estimate of drug-likeness (QED) is 0.145. The number of phenolic OH excluding ortho intramolecular Hbond substituents is 4. The molecule has 5 rings (SSSR count). The molecule has 1 aliphatic rings. The number of aliphatic hydroxyl groups is 2. The van der Waals surface area contributed by atoms with Gasteiger partial charge in [0.25, 0.3) is 0 Å². The minimum Gasteiger partial charge on any atom is -0.508 e. The number of benzene rings is 3. The summed E-state index contributed by atoms with van der Waals surface area (Å²) in [5.74, 6) is -2.64. The molecule has 2 heterocycles. The normalized spacial score (nSPS) is 22.3. The molecule has 0 amide bonds. The number of phenols is 4. The number of rotatable bonds is 6. The molecule has 2 unspecified atom stereocenters. The molecule has 1 fully saturated rings. The minimum atomic E-state index is -1.69. The lowest BCUT2D eigenvalue weighted by Crippen LogP contribution is -2.59. The molecule has 0 radical (unpaired) electrons. The second-order valence-corrected chi connectivity index (χ2v) is 9.61. The number of carbonyl (C=O) groups is 1. The van der Waals surface area contributed by atoms with Gasteiger partial charge >= 0.3 is 5.97 Å². The average Bonchev–Trinajstić information content (AvgIpc) is 2.95. The zero-order valence-corrected chi connectivity index (χ0v) is 21.9. The van der Waals surface area contributed by atoms with E-state index in [9.17, 15) is 40.2 Å². The number of carbonyl (C=O) groups excluding carboxylic acids is 1. The van der Waals surface area contributed by atoms with Crippen LogP contribution >= 0.6 is 0 Å². The molecule has 5 atom stereocenters. The van der Waals surface area contributed by atoms with Crippen molar-refractivity contribution in [1.82, 2.24) is 0 Å². The van der Waals surface area contributed by atoms with Crippen LogP contribution in [0.15, 0.2) is 76.0 Å². The van der Waals surface area contributed by atoms with Crippen LogP contribution in [0.5, 0.6) is 28.7 Å². The summed E-state index contributed by atoms with van der Waals surface area (Å²) in [5.41, 5.74) is -0.251. The lowest BCUT2D eigenvalue weighted by atomic mass is 9.99. The fraction of sp³-hybridized carbons (Fsp3) is 0.200. The summed E-state index contributed by atoms with van der Waals surface area (Å²) in [6, 6.07) is 13.5. The molecule has 0 bridgehead atoms. The minimum absolute atomic E-state index is 0.0373. The van der Waals surface area contributed by atoms with Crippen molar-refractivity contribution in [3.05, 3.63) is 82.5 Å². The number of aliphatic hydroxyl groups excluding tert-OH is 2. The van der Waals surface area contributed by atoms with Gasteiger partial charge in [-0.25, -0.2) is 4.79 Å². The van der Waals surface area contributed by atoms with E-state index >= 15 is 0 Å². The van der Waals surface area contributed by atoms with Crippen LogP contribution in [0.25, 0.3) is 28.4 Å². The highest BCUT2D eigenvalue weighted by molar-refractivity contribution is 5.88. The van der Waals surface area contributed by atoms with Crippen molar-refractivity contribution in [2.75, 3.05) is 0 Å². The molecule has 42 heavy (non-hydrogen) atoms. The van der Waals surface area contributed by atoms with Gasteiger partial charge in [-0.2, -0.15) is 0 Å². The Hall–Kier alpha value is -5.04. The molecular weight excluding hydrogens is 552 g/mol. The van der Waals surface area contributed by atoms with Crippen molar-refractivity contribution in [2.45, 2.75) is 37.6 Å². The Labute approximate surface area is 237 Å². The summed E-state index contributed by atoms with van der Waals surface area (Å²) in [4.78, 5) is 26.4. The summed E-state index contributed by atoms with van der Waals surface area (Å²) in [6.07, 6.45) is -5.03. The molecule has 0 saturated carbocycles. The fourth-order valence-corrected chi connectivity index (χ4v) is 4.44. The number of aromatic hydroxyl groups is 4. The van der Waals surface area contributed by atoms with E-state index in [0.717, 1.165) is 18.2 Å². The SMILES string of the molecule is CC1O[C@@H](Oc2c(-c3ccc(O)cc3)oc3cc(O)cc(O)c3c2=O)[C@@H](OC(=O)/C=C\c2ccc(O)cc2)C(O)[C@H]1O. The van der Waals surface area contributed by atoms with Gasteiger partial charge in [0.15, 0.2) is 11.9 Å². The summed E-state index contributed by atoms with van der Waals surface area (Å²) in [7, 11) is 0. The Morgan fingerprint density at radius 1 is 0.881 bits per heavy atom. The molecule has 0 aliphatic carbocycles. The second kappa shape index (κ2) is 11.4. The zero-order valence-electron chi connectivity index (χ0n) is 21.9. The Bertz CT molecular complexity index is 1690. The van der Waals surface area contributed by atoms with Gasteiger partial charge in [-0.3, -0.25) is 4.79 Å². The van der Waals surface area contributed by atoms with E-state index in [4.69, 9.17) is 18.6 Å². The van der Waals surface area contributed by atoms with Crippen molar-refractivity contribution >= 4 is 23.0 Å². The topological polar surface area (TPSA) is 196 Å². The van der Waals surface area contributed by atoms with Gasteiger partial charge in [0.1, 0.15) is 46.2 Å². The van der Waals surface area contributed by atoms with Crippen LogP contribution < -0.4 is 10.2 Å². The largest absolute Gasteiger partial charge is 0.508 e. The van der Waals surface area contributed by atoms with Gasteiger partial charge in [-0.05, 0) is 55.0 Å². The maximum absolute atomic E-state index is 13.7. The van der Waals surface area contributed by atoms with E-state index in [-0.39, 0.29) is 39.5 Å². The molecule has 1 saturated heterocycles. The van der Waals surface area contributed by atoms with Gasteiger partial charge in [0.2, 0.25) is 17.5 Å². The predicted molar refractivity (Wildman–Crippen MR) is 147 cm³/mol. The molecule has 218 valence electrons. The van der Waals surface area contributed by atoms with Crippen LogP contribution in [0.2, 0.25) is 0 Å². The van der Waals surface area contributed by atoms with E-state index in [1.54, 1.807) is 12.1 Å². The van der Waals surface area contributed by atoms with Crippen molar-refractivity contribution in [2.24, 2.45) is 0 Å². The molecular formula is C30H26O12. The third-order valence-corrected chi connectivity index (χ3v) is 6.62. The number of ether oxygens (including phenoxy) is 3. The number of esters is 1. The first-order valence-electron chi connectivity index (χ1n) is 12.7. The van der Waals surface area contributed by atoms with Gasteiger partial charge < -0.3 is 49.3 Å². The van der Waals surface area contributed by atoms with Crippen LogP contribution in [0, 0.1) is 0 Å². The molecule has 1 aliphatic heterocycles. The summed E-state index contributed by atoms with van der Waals surface area (Å²) < 4.78 is 22.9. The van der Waals surface area contributed by atoms with E-state index < -0.39 is 53.6 Å². The highest BCUT2D eigenvalue weighted by Crippen LogP contribution is 2.37. The molecule has 1 aromatic heterocycles. The van der Waals surface area contributed by atoms with Gasteiger partial charge in [0, 0.05) is 23.8 Å². The third-order valence-electron chi connectivity index (χ3n) is 6.62. The Morgan fingerprint density at radius 2 is 1.52 bits per heavy atom. The Morgan fingerprint density at radius 3 is 2.19 bits per heavy atom. The predicted octanol–water partition coefficient (Wildman–Crippen LogP) is 2.75. The summed E-state index contributed by atoms with van der Waals surface area (Å²) >= 11 is 0. The molecule has 12 nitrogen and oxygen atoms in total. The molecule has 3 aromatic carbocycles. The third kappa shape index (κ3) is 5.72. The average molecular weight is 579 g/mol. The van der Waals surface area contributed by atoms with Crippen LogP contribution in [-0.4, -0.2) is 67.3 Å². The van der Waals surface area contributed by atoms with Crippen molar-refractivity contribution < 1.29 is 54.1 Å². The van der Waals surface area contributed by atoms with Gasteiger partial charge in [-0.1, -0.05) is 12.1 Å². The maximum atomic E-state index is 13.7. The fourth-order valence-electron chi connectivity index (χ4n) is 4.44. The van der Waals surface area contributed by atoms with Crippen LogP contribution in [-0.2, 0) is 14.3 Å². The van der Waals surface area contributed by atoms with Gasteiger partial charge in [0.05, 0.1) is 6.10 Å². The first-order chi connectivity index (χ1) is 20.0. The van der Waals surface area contributed by atoms with Crippen molar-refractivity contribution in [3.63, 3.8) is 0 Å². The Balaban J connectivity index is 1.54. The highest BCUT2D eigenvalue weighted by Gasteiger charge is 2.47. The second-order valence-electron chi connectivity index (χ2n) is 9.61. The molecule has 12 heteroatoms. The molecule has 6 N–H and O–H groups in total. The lowest BCUT2D eigenvalue weighted by molar-refractivity contribution is -0.272. The number of hydrogen-bond acceptors (Lipinski definition) is 12. The van der Waals surface area contributed by atoms with E-state index in [1.165, 1.54) is 49.4 Å². The van der Waals surface area contributed by atoms with Crippen molar-refractivity contribution in [3.8, 4) is 40.1 Å². The summed E-state index contributed by atoms with van der Waals surface area (Å²) in [6.45, 7) is 1.44. The molecule has 4 aromatic rings.